The lowest BCUT2D eigenvalue weighted by atomic mass is 10.1. The van der Waals surface area contributed by atoms with Gasteiger partial charge in [0.1, 0.15) is 17.5 Å². The van der Waals surface area contributed by atoms with E-state index in [1.165, 1.54) is 0 Å². The molecule has 156 valence electrons. The van der Waals surface area contributed by atoms with Crippen LogP contribution in [0.15, 0.2) is 54.6 Å². The highest BCUT2D eigenvalue weighted by molar-refractivity contribution is 6.30. The molecule has 4 rings (SSSR count). The second-order valence-electron chi connectivity index (χ2n) is 7.14. The van der Waals surface area contributed by atoms with Gasteiger partial charge < -0.3 is 14.8 Å². The smallest absolute Gasteiger partial charge is 0.252 e. The number of aromatic nitrogens is 1. The van der Waals surface area contributed by atoms with Crippen molar-refractivity contribution in [3.63, 3.8) is 0 Å². The Labute approximate surface area is 180 Å². The van der Waals surface area contributed by atoms with Crippen LogP contribution in [-0.2, 0) is 11.3 Å². The molecule has 0 aliphatic carbocycles. The van der Waals surface area contributed by atoms with Crippen LogP contribution in [0.2, 0.25) is 5.15 Å². The molecule has 0 unspecified atom stereocenters. The number of amides is 1. The molecule has 0 radical (unpaired) electrons. The van der Waals surface area contributed by atoms with Crippen molar-refractivity contribution in [3.05, 3.63) is 70.9 Å². The van der Waals surface area contributed by atoms with E-state index in [-0.39, 0.29) is 5.91 Å². The van der Waals surface area contributed by atoms with Crippen LogP contribution >= 0.6 is 11.6 Å². The molecule has 3 aromatic rings. The van der Waals surface area contributed by atoms with Crippen LogP contribution in [0.5, 0.6) is 5.75 Å². The van der Waals surface area contributed by atoms with Gasteiger partial charge in [-0.25, -0.2) is 4.98 Å². The fourth-order valence-corrected chi connectivity index (χ4v) is 3.67. The van der Waals surface area contributed by atoms with Crippen molar-refractivity contribution in [2.45, 2.75) is 6.54 Å². The summed E-state index contributed by atoms with van der Waals surface area (Å²) in [6, 6.07) is 16.9. The van der Waals surface area contributed by atoms with E-state index in [9.17, 15) is 4.79 Å². The molecule has 1 amide bonds. The first-order valence-electron chi connectivity index (χ1n) is 10.0. The second-order valence-corrected chi connectivity index (χ2v) is 7.53. The summed E-state index contributed by atoms with van der Waals surface area (Å²) in [7, 11) is 0. The van der Waals surface area contributed by atoms with Crippen LogP contribution in [0.1, 0.15) is 15.9 Å². The maximum atomic E-state index is 12.8. The number of hydrogen-bond acceptors (Lipinski definition) is 5. The van der Waals surface area contributed by atoms with Gasteiger partial charge in [0.05, 0.1) is 24.3 Å². The molecule has 0 saturated carbocycles. The minimum atomic E-state index is -0.186. The van der Waals surface area contributed by atoms with E-state index in [2.05, 4.69) is 15.2 Å². The zero-order chi connectivity index (χ0) is 20.8. The van der Waals surface area contributed by atoms with Crippen molar-refractivity contribution in [1.82, 2.24) is 15.2 Å². The number of fused-ring (bicyclic) bond motifs is 1. The fourth-order valence-electron chi connectivity index (χ4n) is 3.47. The van der Waals surface area contributed by atoms with Crippen LogP contribution in [0, 0.1) is 0 Å². The molecule has 1 aromatic heterocycles. The van der Waals surface area contributed by atoms with Gasteiger partial charge >= 0.3 is 0 Å². The summed E-state index contributed by atoms with van der Waals surface area (Å²) < 4.78 is 11.3. The molecule has 1 aliphatic rings. The third-order valence-electron chi connectivity index (χ3n) is 5.06. The maximum Gasteiger partial charge on any atom is 0.252 e. The van der Waals surface area contributed by atoms with Gasteiger partial charge in [-0.15, -0.1) is 0 Å². The summed E-state index contributed by atoms with van der Waals surface area (Å²) in [6.07, 6.45) is 0. The van der Waals surface area contributed by atoms with Crippen molar-refractivity contribution in [3.8, 4) is 5.75 Å². The first-order valence-corrected chi connectivity index (χ1v) is 10.4. The van der Waals surface area contributed by atoms with Gasteiger partial charge in [0.25, 0.3) is 5.91 Å². The number of rotatable bonds is 7. The van der Waals surface area contributed by atoms with Gasteiger partial charge in [-0.05, 0) is 29.8 Å². The third-order valence-corrected chi connectivity index (χ3v) is 5.25. The lowest BCUT2D eigenvalue weighted by Gasteiger charge is -2.26. The van der Waals surface area contributed by atoms with E-state index in [0.717, 1.165) is 49.5 Å². The van der Waals surface area contributed by atoms with Crippen LogP contribution in [0.4, 0.5) is 0 Å². The third kappa shape index (κ3) is 5.27. The van der Waals surface area contributed by atoms with Crippen molar-refractivity contribution >= 4 is 28.4 Å². The molecule has 0 bridgehead atoms. The number of morpholine rings is 1. The summed E-state index contributed by atoms with van der Waals surface area (Å²) in [4.78, 5) is 19.4. The number of ether oxygens (including phenoxy) is 2. The van der Waals surface area contributed by atoms with Gasteiger partial charge in [0.15, 0.2) is 0 Å². The van der Waals surface area contributed by atoms with E-state index in [1.54, 1.807) is 6.07 Å². The van der Waals surface area contributed by atoms with E-state index in [1.807, 2.05) is 48.5 Å². The van der Waals surface area contributed by atoms with E-state index < -0.39 is 0 Å². The minimum Gasteiger partial charge on any atom is -0.492 e. The van der Waals surface area contributed by atoms with Crippen LogP contribution in [-0.4, -0.2) is 55.2 Å². The normalized spacial score (nSPS) is 14.6. The van der Waals surface area contributed by atoms with E-state index in [0.29, 0.717) is 29.4 Å². The molecule has 6 nitrogen and oxygen atoms in total. The highest BCUT2D eigenvalue weighted by Crippen LogP contribution is 2.21. The summed E-state index contributed by atoms with van der Waals surface area (Å²) in [5.41, 5.74) is 2.19. The van der Waals surface area contributed by atoms with Crippen LogP contribution < -0.4 is 10.1 Å². The van der Waals surface area contributed by atoms with Crippen molar-refractivity contribution < 1.29 is 14.3 Å². The molecule has 1 aliphatic heterocycles. The number of nitrogens with one attached hydrogen (secondary N) is 1. The minimum absolute atomic E-state index is 0.186. The maximum absolute atomic E-state index is 12.8. The average molecular weight is 426 g/mol. The van der Waals surface area contributed by atoms with E-state index >= 15 is 0 Å². The largest absolute Gasteiger partial charge is 0.492 e. The Morgan fingerprint density at radius 1 is 1.13 bits per heavy atom. The lowest BCUT2D eigenvalue weighted by Crippen LogP contribution is -2.38. The molecule has 0 atom stereocenters. The number of carbonyl (C=O) groups excluding carboxylic acids is 1. The number of benzene rings is 2. The monoisotopic (exact) mass is 425 g/mol. The molecule has 1 fully saturated rings. The van der Waals surface area contributed by atoms with Crippen LogP contribution in [0.3, 0.4) is 0 Å². The van der Waals surface area contributed by atoms with Crippen molar-refractivity contribution in [2.75, 3.05) is 39.5 Å². The Morgan fingerprint density at radius 2 is 1.97 bits per heavy atom. The van der Waals surface area contributed by atoms with Gasteiger partial charge in [0.2, 0.25) is 0 Å². The summed E-state index contributed by atoms with van der Waals surface area (Å²) >= 11 is 6.09. The average Bonchev–Trinajstić information content (AvgIpc) is 2.78. The molecule has 2 aromatic carbocycles. The number of nitrogens with zero attached hydrogens (tertiary/aromatic N) is 2. The Kier molecular flexibility index (Phi) is 6.79. The Hall–Kier alpha value is -2.67. The zero-order valence-electron chi connectivity index (χ0n) is 16.6. The van der Waals surface area contributed by atoms with Gasteiger partial charge in [-0.2, -0.15) is 0 Å². The van der Waals surface area contributed by atoms with Crippen molar-refractivity contribution in [2.24, 2.45) is 0 Å². The van der Waals surface area contributed by atoms with E-state index in [4.69, 9.17) is 21.1 Å². The Bertz CT molecular complexity index is 1020. The molecule has 0 spiro atoms. The second kappa shape index (κ2) is 9.89. The molecule has 7 heteroatoms. The highest BCUT2D eigenvalue weighted by atomic mass is 35.5. The van der Waals surface area contributed by atoms with Crippen LogP contribution in [0.25, 0.3) is 10.9 Å². The first kappa shape index (κ1) is 20.6. The lowest BCUT2D eigenvalue weighted by molar-refractivity contribution is 0.0322. The molecule has 2 heterocycles. The summed E-state index contributed by atoms with van der Waals surface area (Å²) in [5.74, 6) is 0.613. The predicted octanol–water partition coefficient (Wildman–Crippen LogP) is 3.53. The number of para-hydroxylation sites is 1. The quantitative estimate of drug-likeness (QED) is 0.587. The van der Waals surface area contributed by atoms with Gasteiger partial charge in [-0.1, -0.05) is 41.9 Å². The molecule has 30 heavy (non-hydrogen) atoms. The zero-order valence-corrected chi connectivity index (χ0v) is 17.4. The van der Waals surface area contributed by atoms with Gasteiger partial charge in [-0.3, -0.25) is 9.69 Å². The standard InChI is InChI=1S/C23H24ClN3O3/c24-22-15-20(19-6-1-2-7-21(19)26-22)23(28)25-16-17-4-3-5-18(14-17)30-13-10-27-8-11-29-12-9-27/h1-7,14-15H,8-13,16H2,(H,25,28). The fraction of sp³-hybridized carbons (Fsp3) is 0.304. The Morgan fingerprint density at radius 3 is 2.83 bits per heavy atom. The number of halogens is 1. The number of carbonyl (C=O) groups is 1. The topological polar surface area (TPSA) is 63.7 Å². The predicted molar refractivity (Wildman–Crippen MR) is 117 cm³/mol. The highest BCUT2D eigenvalue weighted by Gasteiger charge is 2.13. The van der Waals surface area contributed by atoms with Crippen molar-refractivity contribution in [1.29, 1.82) is 0 Å². The summed E-state index contributed by atoms with van der Waals surface area (Å²) in [5, 5.41) is 4.04. The molecular formula is C23H24ClN3O3. The SMILES string of the molecule is O=C(NCc1cccc(OCCN2CCOCC2)c1)c1cc(Cl)nc2ccccc12. The number of pyridine rings is 1. The molecular weight excluding hydrogens is 402 g/mol. The first-order chi connectivity index (χ1) is 14.7. The molecule has 1 N–H and O–H groups in total. The van der Waals surface area contributed by atoms with Gasteiger partial charge in [0, 0.05) is 31.6 Å². The summed E-state index contributed by atoms with van der Waals surface area (Å²) in [6.45, 7) is 5.36. The molecule has 1 saturated heterocycles. The number of hydrogen-bond donors (Lipinski definition) is 1. The Balaban J connectivity index is 1.35.